The first-order valence-corrected chi connectivity index (χ1v) is 8.45. The Morgan fingerprint density at radius 2 is 2.04 bits per heavy atom. The Kier molecular flexibility index (Phi) is 4.08. The van der Waals surface area contributed by atoms with Gasteiger partial charge in [0.05, 0.1) is 12.0 Å². The monoisotopic (exact) mass is 349 g/mol. The molecule has 1 aromatic carbocycles. The number of hydrogen-bond donors (Lipinski definition) is 1. The Labute approximate surface area is 150 Å². The van der Waals surface area contributed by atoms with E-state index >= 15 is 0 Å². The predicted molar refractivity (Wildman–Crippen MR) is 97.1 cm³/mol. The molecule has 4 aromatic rings. The molecule has 3 heterocycles. The fourth-order valence-electron chi connectivity index (χ4n) is 3.12. The summed E-state index contributed by atoms with van der Waals surface area (Å²) in [4.78, 5) is 12.5. The highest BCUT2D eigenvalue weighted by atomic mass is 16.3. The van der Waals surface area contributed by atoms with E-state index in [-0.39, 0.29) is 17.7 Å². The molecule has 6 heteroatoms. The number of nitrogens with zero attached hydrogens (tertiary/aromatic N) is 2. The topological polar surface area (TPSA) is 73.2 Å². The van der Waals surface area contributed by atoms with Crippen LogP contribution < -0.4 is 5.32 Å². The van der Waals surface area contributed by atoms with Gasteiger partial charge in [-0.1, -0.05) is 18.2 Å². The Balaban J connectivity index is 1.56. The molecule has 26 heavy (non-hydrogen) atoms. The van der Waals surface area contributed by atoms with Crippen molar-refractivity contribution in [3.05, 3.63) is 77.7 Å². The van der Waals surface area contributed by atoms with Gasteiger partial charge in [0.2, 0.25) is 0 Å². The number of amides is 1. The summed E-state index contributed by atoms with van der Waals surface area (Å²) in [7, 11) is 0. The van der Waals surface area contributed by atoms with E-state index in [2.05, 4.69) is 10.4 Å². The Bertz CT molecular complexity index is 1010. The van der Waals surface area contributed by atoms with E-state index < -0.39 is 0 Å². The molecule has 6 nitrogen and oxygen atoms in total. The molecular weight excluding hydrogens is 330 g/mol. The summed E-state index contributed by atoms with van der Waals surface area (Å²) in [6.07, 6.45) is 1.62. The summed E-state index contributed by atoms with van der Waals surface area (Å²) in [6.45, 7) is 4.26. The van der Waals surface area contributed by atoms with Gasteiger partial charge in [-0.25, -0.2) is 0 Å². The number of carbonyl (C=O) groups excluding carboxylic acids is 1. The fraction of sp³-hybridized carbons (Fsp3) is 0.200. The first kappa shape index (κ1) is 16.2. The van der Waals surface area contributed by atoms with E-state index in [9.17, 15) is 4.79 Å². The van der Waals surface area contributed by atoms with E-state index in [1.54, 1.807) is 12.3 Å². The minimum absolute atomic E-state index is 0.230. The third-order valence-corrected chi connectivity index (χ3v) is 4.32. The van der Waals surface area contributed by atoms with Gasteiger partial charge in [0.15, 0.2) is 5.76 Å². The molecule has 1 N–H and O–H groups in total. The zero-order valence-electron chi connectivity index (χ0n) is 14.6. The van der Waals surface area contributed by atoms with Crippen molar-refractivity contribution in [2.45, 2.75) is 19.9 Å². The van der Waals surface area contributed by atoms with Crippen molar-refractivity contribution in [1.29, 1.82) is 0 Å². The molecule has 0 saturated carbocycles. The van der Waals surface area contributed by atoms with Crippen LogP contribution in [0.3, 0.4) is 0 Å². The number of rotatable bonds is 5. The van der Waals surface area contributed by atoms with Crippen LogP contribution in [0.1, 0.15) is 33.7 Å². The maximum atomic E-state index is 12.5. The van der Waals surface area contributed by atoms with Crippen LogP contribution in [-0.4, -0.2) is 22.2 Å². The van der Waals surface area contributed by atoms with Gasteiger partial charge in [0.25, 0.3) is 5.91 Å². The molecule has 0 aliphatic heterocycles. The molecule has 0 aliphatic carbocycles. The number of nitrogens with one attached hydrogen (secondary N) is 1. The second kappa shape index (κ2) is 6.55. The average molecular weight is 349 g/mol. The van der Waals surface area contributed by atoms with E-state index in [1.807, 2.05) is 61.0 Å². The summed E-state index contributed by atoms with van der Waals surface area (Å²) in [5, 5.41) is 8.37. The van der Waals surface area contributed by atoms with Gasteiger partial charge < -0.3 is 14.2 Å². The maximum absolute atomic E-state index is 12.5. The number of aromatic nitrogens is 2. The van der Waals surface area contributed by atoms with Gasteiger partial charge >= 0.3 is 0 Å². The van der Waals surface area contributed by atoms with Crippen LogP contribution in [0.15, 0.2) is 63.6 Å². The van der Waals surface area contributed by atoms with Crippen molar-refractivity contribution in [3.8, 4) is 0 Å². The van der Waals surface area contributed by atoms with Gasteiger partial charge in [-0.15, -0.1) is 0 Å². The number of para-hydroxylation sites is 1. The van der Waals surface area contributed by atoms with Crippen molar-refractivity contribution in [1.82, 2.24) is 15.1 Å². The second-order valence-corrected chi connectivity index (χ2v) is 6.26. The van der Waals surface area contributed by atoms with E-state index in [0.717, 1.165) is 22.5 Å². The third-order valence-electron chi connectivity index (χ3n) is 4.32. The van der Waals surface area contributed by atoms with Crippen LogP contribution >= 0.6 is 0 Å². The lowest BCUT2D eigenvalue weighted by atomic mass is 10.2. The highest BCUT2D eigenvalue weighted by molar-refractivity contribution is 5.96. The van der Waals surface area contributed by atoms with Crippen molar-refractivity contribution in [2.75, 3.05) is 6.54 Å². The number of furan rings is 2. The van der Waals surface area contributed by atoms with Crippen LogP contribution in [0.4, 0.5) is 0 Å². The lowest BCUT2D eigenvalue weighted by Crippen LogP contribution is -2.31. The van der Waals surface area contributed by atoms with Gasteiger partial charge in [-0.05, 0) is 44.2 Å². The zero-order chi connectivity index (χ0) is 18.1. The summed E-state index contributed by atoms with van der Waals surface area (Å²) >= 11 is 0. The summed E-state index contributed by atoms with van der Waals surface area (Å²) in [6, 6.07) is 14.8. The summed E-state index contributed by atoms with van der Waals surface area (Å²) < 4.78 is 13.1. The molecule has 4 rings (SSSR count). The van der Waals surface area contributed by atoms with Crippen LogP contribution in [0.5, 0.6) is 0 Å². The molecular formula is C20H19N3O3. The Morgan fingerprint density at radius 1 is 1.19 bits per heavy atom. The molecule has 0 spiro atoms. The molecule has 1 atom stereocenters. The minimum Gasteiger partial charge on any atom is -0.467 e. The Hall–Kier alpha value is -3.28. The van der Waals surface area contributed by atoms with Crippen LogP contribution in [0.25, 0.3) is 11.0 Å². The standard InChI is InChI=1S/C20H19N3O3/c1-13-10-14(2)23(22-13)16(18-8-5-9-25-18)12-21-20(24)19-11-15-6-3-4-7-17(15)26-19/h3-11,16H,12H2,1-2H3,(H,21,24). The first-order valence-electron chi connectivity index (χ1n) is 8.45. The van der Waals surface area contributed by atoms with Gasteiger partial charge in [0.1, 0.15) is 17.4 Å². The highest BCUT2D eigenvalue weighted by Gasteiger charge is 2.22. The normalized spacial score (nSPS) is 12.4. The molecule has 0 aliphatic rings. The number of fused-ring (bicyclic) bond motifs is 1. The first-order chi connectivity index (χ1) is 12.6. The number of carbonyl (C=O) groups is 1. The fourth-order valence-corrected chi connectivity index (χ4v) is 3.12. The quantitative estimate of drug-likeness (QED) is 0.594. The van der Waals surface area contributed by atoms with Crippen molar-refractivity contribution >= 4 is 16.9 Å². The largest absolute Gasteiger partial charge is 0.467 e. The molecule has 0 fully saturated rings. The zero-order valence-corrected chi connectivity index (χ0v) is 14.6. The lowest BCUT2D eigenvalue weighted by molar-refractivity contribution is 0.0922. The number of benzene rings is 1. The smallest absolute Gasteiger partial charge is 0.287 e. The molecule has 0 saturated heterocycles. The SMILES string of the molecule is Cc1cc(C)n(C(CNC(=O)c2cc3ccccc3o2)c2ccco2)n1. The Morgan fingerprint density at radius 3 is 2.73 bits per heavy atom. The number of hydrogen-bond acceptors (Lipinski definition) is 4. The van der Waals surface area contributed by atoms with Crippen LogP contribution in [0.2, 0.25) is 0 Å². The van der Waals surface area contributed by atoms with Crippen LogP contribution in [-0.2, 0) is 0 Å². The molecule has 0 bridgehead atoms. The van der Waals surface area contributed by atoms with Gasteiger partial charge in [-0.2, -0.15) is 5.10 Å². The lowest BCUT2D eigenvalue weighted by Gasteiger charge is -2.17. The summed E-state index contributed by atoms with van der Waals surface area (Å²) in [5.74, 6) is 0.762. The maximum Gasteiger partial charge on any atom is 0.287 e. The van der Waals surface area contributed by atoms with Crippen molar-refractivity contribution < 1.29 is 13.6 Å². The highest BCUT2D eigenvalue weighted by Crippen LogP contribution is 2.22. The molecule has 0 radical (unpaired) electrons. The molecule has 1 unspecified atom stereocenters. The summed E-state index contributed by atoms with van der Waals surface area (Å²) in [5.41, 5.74) is 2.61. The van der Waals surface area contributed by atoms with Crippen molar-refractivity contribution in [2.24, 2.45) is 0 Å². The minimum atomic E-state index is -0.265. The van der Waals surface area contributed by atoms with E-state index in [0.29, 0.717) is 12.1 Å². The molecule has 3 aromatic heterocycles. The average Bonchev–Trinajstić information content (AvgIpc) is 3.35. The van der Waals surface area contributed by atoms with Crippen LogP contribution in [0, 0.1) is 13.8 Å². The van der Waals surface area contributed by atoms with Gasteiger partial charge in [0, 0.05) is 17.6 Å². The second-order valence-electron chi connectivity index (χ2n) is 6.26. The van der Waals surface area contributed by atoms with E-state index in [1.165, 1.54) is 0 Å². The molecule has 132 valence electrons. The van der Waals surface area contributed by atoms with E-state index in [4.69, 9.17) is 8.83 Å². The molecule has 1 amide bonds. The third kappa shape index (κ3) is 3.01. The van der Waals surface area contributed by atoms with Crippen molar-refractivity contribution in [3.63, 3.8) is 0 Å². The predicted octanol–water partition coefficient (Wildman–Crippen LogP) is 3.86. The number of aryl methyl sites for hydroxylation is 2. The van der Waals surface area contributed by atoms with Gasteiger partial charge in [-0.3, -0.25) is 9.48 Å².